The minimum atomic E-state index is -1.08. The van der Waals surface area contributed by atoms with Crippen LogP contribution in [-0.2, 0) is 6.61 Å². The number of pyridine rings is 1. The second-order valence-corrected chi connectivity index (χ2v) is 4.82. The zero-order valence-corrected chi connectivity index (χ0v) is 11.6. The van der Waals surface area contributed by atoms with Gasteiger partial charge in [0.05, 0.1) is 10.7 Å². The molecule has 0 saturated carbocycles. The van der Waals surface area contributed by atoms with Crippen molar-refractivity contribution >= 4 is 23.2 Å². The second kappa shape index (κ2) is 5.46. The molecule has 2 aromatic heterocycles. The van der Waals surface area contributed by atoms with Gasteiger partial charge in [-0.1, -0.05) is 23.7 Å². The summed E-state index contributed by atoms with van der Waals surface area (Å²) in [5.74, 6) is -0.925. The number of hydrogen-bond acceptors (Lipinski definition) is 3. The van der Waals surface area contributed by atoms with Gasteiger partial charge in [-0.25, -0.2) is 9.78 Å². The number of ether oxygens (including phenoxy) is 1. The molecule has 0 aliphatic carbocycles. The van der Waals surface area contributed by atoms with Crippen LogP contribution in [0.4, 0.5) is 0 Å². The summed E-state index contributed by atoms with van der Waals surface area (Å²) < 4.78 is 7.42. The van der Waals surface area contributed by atoms with Gasteiger partial charge in [-0.15, -0.1) is 0 Å². The molecule has 0 fully saturated rings. The third-order valence-electron chi connectivity index (χ3n) is 2.98. The lowest BCUT2D eigenvalue weighted by Gasteiger charge is -2.09. The van der Waals surface area contributed by atoms with E-state index in [0.29, 0.717) is 5.69 Å². The van der Waals surface area contributed by atoms with Crippen molar-refractivity contribution in [1.29, 1.82) is 0 Å². The third-order valence-corrected chi connectivity index (χ3v) is 3.27. The molecule has 21 heavy (non-hydrogen) atoms. The fraction of sp³-hybridized carbons (Fsp3) is 0.0667. The molecule has 106 valence electrons. The molecule has 0 amide bonds. The molecule has 0 unspecified atom stereocenters. The van der Waals surface area contributed by atoms with Crippen LogP contribution in [0.2, 0.25) is 5.02 Å². The average Bonchev–Trinajstić information content (AvgIpc) is 2.88. The number of nitrogens with zero attached hydrogens (tertiary/aromatic N) is 2. The van der Waals surface area contributed by atoms with Crippen LogP contribution in [0.25, 0.3) is 5.65 Å². The Hall–Kier alpha value is -2.53. The van der Waals surface area contributed by atoms with Crippen molar-refractivity contribution in [2.45, 2.75) is 6.61 Å². The number of rotatable bonds is 4. The smallest absolute Gasteiger partial charge is 0.339 e. The predicted molar refractivity (Wildman–Crippen MR) is 77.9 cm³/mol. The van der Waals surface area contributed by atoms with Crippen LogP contribution in [0.5, 0.6) is 5.75 Å². The molecule has 0 spiro atoms. The molecule has 3 aromatic rings. The SMILES string of the molecule is O=C(O)c1cccc(Cl)c1OCc1cn2ccccc2n1. The highest BCUT2D eigenvalue weighted by Gasteiger charge is 2.15. The van der Waals surface area contributed by atoms with E-state index in [9.17, 15) is 4.79 Å². The topological polar surface area (TPSA) is 63.8 Å². The maximum absolute atomic E-state index is 11.2. The minimum absolute atomic E-state index is 0.0336. The maximum atomic E-state index is 11.2. The van der Waals surface area contributed by atoms with Crippen LogP contribution in [0, 0.1) is 0 Å². The Bertz CT molecular complexity index is 781. The van der Waals surface area contributed by atoms with E-state index >= 15 is 0 Å². The van der Waals surface area contributed by atoms with E-state index in [1.165, 1.54) is 6.07 Å². The highest BCUT2D eigenvalue weighted by molar-refractivity contribution is 6.32. The molecule has 0 saturated heterocycles. The average molecular weight is 303 g/mol. The zero-order valence-electron chi connectivity index (χ0n) is 10.9. The van der Waals surface area contributed by atoms with Crippen molar-refractivity contribution in [3.63, 3.8) is 0 Å². The van der Waals surface area contributed by atoms with Crippen molar-refractivity contribution in [2.75, 3.05) is 0 Å². The lowest BCUT2D eigenvalue weighted by Crippen LogP contribution is -2.04. The number of hydrogen-bond donors (Lipinski definition) is 1. The summed E-state index contributed by atoms with van der Waals surface area (Å²) in [5, 5.41) is 9.41. The fourth-order valence-electron chi connectivity index (χ4n) is 2.03. The Kier molecular flexibility index (Phi) is 3.50. The van der Waals surface area contributed by atoms with Gasteiger partial charge in [-0.3, -0.25) is 0 Å². The van der Waals surface area contributed by atoms with E-state index in [-0.39, 0.29) is 22.9 Å². The first-order chi connectivity index (χ1) is 10.1. The zero-order chi connectivity index (χ0) is 14.8. The van der Waals surface area contributed by atoms with Gasteiger partial charge in [0.25, 0.3) is 0 Å². The molecule has 0 aliphatic rings. The molecular formula is C15H11ClN2O3. The largest absolute Gasteiger partial charge is 0.485 e. The number of imidazole rings is 1. The normalized spacial score (nSPS) is 10.7. The summed E-state index contributed by atoms with van der Waals surface area (Å²) in [5.41, 5.74) is 1.53. The Morgan fingerprint density at radius 2 is 2.14 bits per heavy atom. The summed E-state index contributed by atoms with van der Waals surface area (Å²) in [4.78, 5) is 15.5. The van der Waals surface area contributed by atoms with Crippen molar-refractivity contribution in [3.05, 3.63) is 65.1 Å². The van der Waals surface area contributed by atoms with E-state index in [1.807, 2.05) is 35.0 Å². The standard InChI is InChI=1S/C15H11ClN2O3/c16-12-5-3-4-11(15(19)20)14(12)21-9-10-8-18-7-2-1-6-13(18)17-10/h1-8H,9H2,(H,19,20). The number of carbonyl (C=O) groups is 1. The van der Waals surface area contributed by atoms with Crippen molar-refractivity contribution in [2.24, 2.45) is 0 Å². The molecule has 0 bridgehead atoms. The van der Waals surface area contributed by atoms with Gasteiger partial charge in [-0.2, -0.15) is 0 Å². The fourth-order valence-corrected chi connectivity index (χ4v) is 2.26. The molecule has 1 N–H and O–H groups in total. The monoisotopic (exact) mass is 302 g/mol. The van der Waals surface area contributed by atoms with Gasteiger partial charge in [0.1, 0.15) is 17.8 Å². The number of aromatic nitrogens is 2. The highest BCUT2D eigenvalue weighted by Crippen LogP contribution is 2.29. The highest BCUT2D eigenvalue weighted by atomic mass is 35.5. The van der Waals surface area contributed by atoms with Gasteiger partial charge in [0.2, 0.25) is 0 Å². The van der Waals surface area contributed by atoms with Crippen LogP contribution in [-0.4, -0.2) is 20.5 Å². The lowest BCUT2D eigenvalue weighted by atomic mass is 10.2. The Morgan fingerprint density at radius 1 is 1.29 bits per heavy atom. The van der Waals surface area contributed by atoms with E-state index in [1.54, 1.807) is 12.1 Å². The molecule has 0 radical (unpaired) electrons. The Morgan fingerprint density at radius 3 is 2.90 bits per heavy atom. The number of benzene rings is 1. The maximum Gasteiger partial charge on any atom is 0.339 e. The Labute approximate surface area is 125 Å². The molecule has 0 atom stereocenters. The van der Waals surface area contributed by atoms with Gasteiger partial charge < -0.3 is 14.2 Å². The van der Waals surface area contributed by atoms with Crippen LogP contribution >= 0.6 is 11.6 Å². The van der Waals surface area contributed by atoms with Crippen LogP contribution < -0.4 is 4.74 Å². The van der Waals surface area contributed by atoms with E-state index in [0.717, 1.165) is 5.65 Å². The lowest BCUT2D eigenvalue weighted by molar-refractivity contribution is 0.0691. The molecule has 2 heterocycles. The molecule has 1 aromatic carbocycles. The van der Waals surface area contributed by atoms with Crippen molar-refractivity contribution < 1.29 is 14.6 Å². The van der Waals surface area contributed by atoms with Gasteiger partial charge in [0.15, 0.2) is 5.75 Å². The van der Waals surface area contributed by atoms with Gasteiger partial charge >= 0.3 is 5.97 Å². The van der Waals surface area contributed by atoms with E-state index in [2.05, 4.69) is 4.98 Å². The Balaban J connectivity index is 1.86. The first-order valence-corrected chi connectivity index (χ1v) is 6.60. The number of para-hydroxylation sites is 1. The van der Waals surface area contributed by atoms with Crippen LogP contribution in [0.3, 0.4) is 0 Å². The third kappa shape index (κ3) is 2.68. The summed E-state index contributed by atoms with van der Waals surface area (Å²) in [6, 6.07) is 10.3. The summed E-state index contributed by atoms with van der Waals surface area (Å²) in [6.45, 7) is 0.145. The van der Waals surface area contributed by atoms with E-state index < -0.39 is 5.97 Å². The number of fused-ring (bicyclic) bond motifs is 1. The quantitative estimate of drug-likeness (QED) is 0.803. The minimum Gasteiger partial charge on any atom is -0.485 e. The molecular weight excluding hydrogens is 292 g/mol. The first kappa shape index (κ1) is 13.5. The molecule has 0 aliphatic heterocycles. The summed E-state index contributed by atoms with van der Waals surface area (Å²) in [7, 11) is 0. The molecule has 5 nitrogen and oxygen atoms in total. The summed E-state index contributed by atoms with van der Waals surface area (Å²) >= 11 is 6.00. The van der Waals surface area contributed by atoms with E-state index in [4.69, 9.17) is 21.4 Å². The van der Waals surface area contributed by atoms with Crippen molar-refractivity contribution in [1.82, 2.24) is 9.38 Å². The van der Waals surface area contributed by atoms with Crippen molar-refractivity contribution in [3.8, 4) is 5.75 Å². The van der Waals surface area contributed by atoms with Crippen LogP contribution in [0.15, 0.2) is 48.8 Å². The number of halogens is 1. The van der Waals surface area contributed by atoms with Crippen LogP contribution in [0.1, 0.15) is 16.1 Å². The number of carboxylic acids is 1. The number of aromatic carboxylic acids is 1. The molecule has 6 heteroatoms. The van der Waals surface area contributed by atoms with Gasteiger partial charge in [-0.05, 0) is 24.3 Å². The predicted octanol–water partition coefficient (Wildman–Crippen LogP) is 3.26. The second-order valence-electron chi connectivity index (χ2n) is 4.41. The molecule has 3 rings (SSSR count). The van der Waals surface area contributed by atoms with Gasteiger partial charge in [0, 0.05) is 12.4 Å². The summed E-state index contributed by atoms with van der Waals surface area (Å²) in [6.07, 6.45) is 3.70. The first-order valence-electron chi connectivity index (χ1n) is 6.22. The number of carboxylic acid groups (broad SMARTS) is 1.